The van der Waals surface area contributed by atoms with Crippen LogP contribution in [-0.4, -0.2) is 35.5 Å². The van der Waals surface area contributed by atoms with Crippen molar-refractivity contribution in [3.63, 3.8) is 0 Å². The highest BCUT2D eigenvalue weighted by Gasteiger charge is 2.41. The van der Waals surface area contributed by atoms with E-state index in [1.54, 1.807) is 24.3 Å². The van der Waals surface area contributed by atoms with E-state index in [-0.39, 0.29) is 18.5 Å². The number of ether oxygens (including phenoxy) is 1. The molecule has 0 saturated heterocycles. The number of hydrogen-bond acceptors (Lipinski definition) is 4. The van der Waals surface area contributed by atoms with Crippen LogP contribution in [0.25, 0.3) is 0 Å². The predicted molar refractivity (Wildman–Crippen MR) is 77.2 cm³/mol. The molecule has 4 nitrogen and oxygen atoms in total. The van der Waals surface area contributed by atoms with Crippen molar-refractivity contribution in [3.8, 4) is 23.7 Å². The van der Waals surface area contributed by atoms with Crippen LogP contribution in [0, 0.1) is 29.6 Å². The van der Waals surface area contributed by atoms with Crippen LogP contribution in [0.15, 0.2) is 24.3 Å². The summed E-state index contributed by atoms with van der Waals surface area (Å²) in [6, 6.07) is 6.76. The zero-order chi connectivity index (χ0) is 15.3. The van der Waals surface area contributed by atoms with Crippen molar-refractivity contribution >= 4 is 5.97 Å². The Morgan fingerprint density at radius 3 is 2.57 bits per heavy atom. The van der Waals surface area contributed by atoms with E-state index in [9.17, 15) is 9.90 Å². The Kier molecular flexibility index (Phi) is 4.65. The highest BCUT2D eigenvalue weighted by atomic mass is 16.5. The molecule has 0 spiro atoms. The van der Waals surface area contributed by atoms with E-state index in [0.717, 1.165) is 5.56 Å². The molecule has 21 heavy (non-hydrogen) atoms. The first-order valence-corrected chi connectivity index (χ1v) is 6.59. The zero-order valence-electron chi connectivity index (χ0n) is 11.7. The topological polar surface area (TPSA) is 66.8 Å². The van der Waals surface area contributed by atoms with Crippen molar-refractivity contribution in [3.05, 3.63) is 35.4 Å². The molecule has 0 unspecified atom stereocenters. The van der Waals surface area contributed by atoms with Crippen LogP contribution in [0.2, 0.25) is 0 Å². The van der Waals surface area contributed by atoms with E-state index in [0.29, 0.717) is 18.4 Å². The standard InChI is InChI=1S/C17H16O4/c1-21-16(19)15-8-6-13(7-9-15)4-2-3-5-14-10-17(20,11-14)12-18/h6-9,14,18,20H,10-12H2,1H3. The van der Waals surface area contributed by atoms with Crippen molar-refractivity contribution in [2.24, 2.45) is 5.92 Å². The lowest BCUT2D eigenvalue weighted by Gasteiger charge is -2.39. The van der Waals surface area contributed by atoms with Gasteiger partial charge in [0.15, 0.2) is 0 Å². The summed E-state index contributed by atoms with van der Waals surface area (Å²) in [6.45, 7) is -0.219. The predicted octanol–water partition coefficient (Wildman–Crippen LogP) is 0.962. The monoisotopic (exact) mass is 284 g/mol. The first kappa shape index (κ1) is 15.1. The van der Waals surface area contributed by atoms with Gasteiger partial charge in [0.2, 0.25) is 0 Å². The summed E-state index contributed by atoms with van der Waals surface area (Å²) in [7, 11) is 1.34. The molecule has 2 rings (SSSR count). The SMILES string of the molecule is COC(=O)c1ccc(C#CC#CC2CC(O)(CO)C2)cc1. The highest BCUT2D eigenvalue weighted by Crippen LogP contribution is 2.36. The molecule has 0 amide bonds. The molecule has 1 aliphatic carbocycles. The van der Waals surface area contributed by atoms with Gasteiger partial charge < -0.3 is 14.9 Å². The fraction of sp³-hybridized carbons (Fsp3) is 0.353. The maximum atomic E-state index is 11.3. The third-order valence-corrected chi connectivity index (χ3v) is 3.40. The van der Waals surface area contributed by atoms with E-state index >= 15 is 0 Å². The molecule has 0 radical (unpaired) electrons. The Labute approximate surface area is 123 Å². The number of rotatable bonds is 2. The minimum absolute atomic E-state index is 0.0955. The zero-order valence-corrected chi connectivity index (χ0v) is 11.7. The molecule has 108 valence electrons. The average molecular weight is 284 g/mol. The molecular formula is C17H16O4. The van der Waals surface area contributed by atoms with Crippen LogP contribution in [0.3, 0.4) is 0 Å². The molecule has 1 saturated carbocycles. The summed E-state index contributed by atoms with van der Waals surface area (Å²) < 4.78 is 4.61. The minimum atomic E-state index is -0.948. The quantitative estimate of drug-likeness (QED) is 0.627. The first-order valence-electron chi connectivity index (χ1n) is 6.59. The molecule has 4 heteroatoms. The van der Waals surface area contributed by atoms with E-state index in [4.69, 9.17) is 5.11 Å². The Balaban J connectivity index is 1.91. The Morgan fingerprint density at radius 1 is 1.33 bits per heavy atom. The summed E-state index contributed by atoms with van der Waals surface area (Å²) in [5.74, 6) is 11.0. The van der Waals surface area contributed by atoms with Gasteiger partial charge >= 0.3 is 5.97 Å². The molecule has 1 fully saturated rings. The van der Waals surface area contributed by atoms with Crippen LogP contribution in [0.5, 0.6) is 0 Å². The molecule has 1 aliphatic rings. The third kappa shape index (κ3) is 3.86. The van der Waals surface area contributed by atoms with Gasteiger partial charge in [-0.15, -0.1) is 0 Å². The molecular weight excluding hydrogens is 268 g/mol. The smallest absolute Gasteiger partial charge is 0.337 e. The number of aliphatic hydroxyl groups is 2. The van der Waals surface area contributed by atoms with Gasteiger partial charge in [0.1, 0.15) is 0 Å². The van der Waals surface area contributed by atoms with Crippen molar-refractivity contribution in [1.29, 1.82) is 0 Å². The number of carbonyl (C=O) groups excluding carboxylic acids is 1. The van der Waals surface area contributed by atoms with Gasteiger partial charge in [0.05, 0.1) is 24.9 Å². The molecule has 0 heterocycles. The van der Waals surface area contributed by atoms with E-state index < -0.39 is 5.60 Å². The maximum Gasteiger partial charge on any atom is 0.337 e. The first-order chi connectivity index (χ1) is 10.1. The molecule has 0 bridgehead atoms. The molecule has 1 aromatic carbocycles. The summed E-state index contributed by atoms with van der Waals surface area (Å²) in [4.78, 5) is 11.3. The lowest BCUT2D eigenvalue weighted by molar-refractivity contribution is -0.0926. The second-order valence-electron chi connectivity index (χ2n) is 5.08. The van der Waals surface area contributed by atoms with Crippen LogP contribution in [0.4, 0.5) is 0 Å². The molecule has 0 atom stereocenters. The van der Waals surface area contributed by atoms with Gasteiger partial charge in [-0.25, -0.2) is 4.79 Å². The van der Waals surface area contributed by atoms with Crippen LogP contribution in [0.1, 0.15) is 28.8 Å². The van der Waals surface area contributed by atoms with Crippen molar-refractivity contribution in [2.45, 2.75) is 18.4 Å². The van der Waals surface area contributed by atoms with Crippen LogP contribution < -0.4 is 0 Å². The van der Waals surface area contributed by atoms with Gasteiger partial charge in [-0.1, -0.05) is 11.8 Å². The van der Waals surface area contributed by atoms with E-state index in [2.05, 4.69) is 28.4 Å². The minimum Gasteiger partial charge on any atom is -0.465 e. The van der Waals surface area contributed by atoms with Gasteiger partial charge in [-0.2, -0.15) is 0 Å². The number of benzene rings is 1. The van der Waals surface area contributed by atoms with Crippen molar-refractivity contribution < 1.29 is 19.7 Å². The Morgan fingerprint density at radius 2 is 2.00 bits per heavy atom. The van der Waals surface area contributed by atoms with Gasteiger partial charge in [-0.05, 0) is 48.9 Å². The molecule has 0 aliphatic heterocycles. The number of aliphatic hydroxyl groups excluding tert-OH is 1. The summed E-state index contributed by atoms with van der Waals surface area (Å²) in [5, 5.41) is 18.5. The van der Waals surface area contributed by atoms with Crippen LogP contribution >= 0.6 is 0 Å². The average Bonchev–Trinajstić information content (AvgIpc) is 2.49. The van der Waals surface area contributed by atoms with Gasteiger partial charge in [-0.3, -0.25) is 0 Å². The Bertz CT molecular complexity index is 631. The number of hydrogen-bond donors (Lipinski definition) is 2. The van der Waals surface area contributed by atoms with E-state index in [1.807, 2.05) is 0 Å². The van der Waals surface area contributed by atoms with Crippen molar-refractivity contribution in [2.75, 3.05) is 13.7 Å². The number of methoxy groups -OCH3 is 1. The van der Waals surface area contributed by atoms with Gasteiger partial charge in [0.25, 0.3) is 0 Å². The highest BCUT2D eigenvalue weighted by molar-refractivity contribution is 5.89. The second-order valence-corrected chi connectivity index (χ2v) is 5.08. The summed E-state index contributed by atoms with van der Waals surface area (Å²) in [6.07, 6.45) is 0.984. The maximum absolute atomic E-state index is 11.3. The third-order valence-electron chi connectivity index (χ3n) is 3.40. The van der Waals surface area contributed by atoms with Gasteiger partial charge in [0, 0.05) is 11.5 Å². The normalized spacial score (nSPS) is 22.9. The lowest BCUT2D eigenvalue weighted by atomic mass is 9.72. The van der Waals surface area contributed by atoms with Crippen LogP contribution in [-0.2, 0) is 4.74 Å². The molecule has 2 N–H and O–H groups in total. The Hall–Kier alpha value is -2.27. The van der Waals surface area contributed by atoms with E-state index in [1.165, 1.54) is 7.11 Å². The summed E-state index contributed by atoms with van der Waals surface area (Å²) in [5.41, 5.74) is 0.292. The number of carbonyl (C=O) groups is 1. The fourth-order valence-electron chi connectivity index (χ4n) is 2.14. The molecule has 0 aromatic heterocycles. The summed E-state index contributed by atoms with van der Waals surface area (Å²) >= 11 is 0. The molecule has 1 aromatic rings. The second kappa shape index (κ2) is 6.45. The largest absolute Gasteiger partial charge is 0.465 e. The lowest BCUT2D eigenvalue weighted by Crippen LogP contribution is -2.46. The number of esters is 1. The fourth-order valence-corrected chi connectivity index (χ4v) is 2.14. The van der Waals surface area contributed by atoms with Crippen molar-refractivity contribution in [1.82, 2.24) is 0 Å².